The number of benzene rings is 2. The highest BCUT2D eigenvalue weighted by Gasteiger charge is 2.15. The predicted molar refractivity (Wildman–Crippen MR) is 101 cm³/mol. The normalized spacial score (nSPS) is 12.7. The summed E-state index contributed by atoms with van der Waals surface area (Å²) in [5.74, 6) is -1.74. The molecular formula is C16H15Cl2NO5S2. The molecule has 10 heteroatoms. The van der Waals surface area contributed by atoms with Crippen molar-refractivity contribution in [3.8, 4) is 0 Å². The van der Waals surface area contributed by atoms with Crippen molar-refractivity contribution in [2.75, 3.05) is 12.3 Å². The van der Waals surface area contributed by atoms with Gasteiger partial charge in [-0.15, -0.1) is 0 Å². The van der Waals surface area contributed by atoms with Crippen LogP contribution in [0.25, 0.3) is 0 Å². The van der Waals surface area contributed by atoms with Gasteiger partial charge in [-0.3, -0.25) is 9.00 Å². The highest BCUT2D eigenvalue weighted by Crippen LogP contribution is 2.22. The smallest absolute Gasteiger partial charge is 0.316 e. The van der Waals surface area contributed by atoms with E-state index in [1.165, 1.54) is 36.4 Å². The Morgan fingerprint density at radius 2 is 1.77 bits per heavy atom. The van der Waals surface area contributed by atoms with Crippen molar-refractivity contribution in [3.05, 3.63) is 58.1 Å². The van der Waals surface area contributed by atoms with E-state index in [0.717, 1.165) is 0 Å². The third-order valence-corrected chi connectivity index (χ3v) is 6.83. The van der Waals surface area contributed by atoms with Crippen LogP contribution in [0, 0.1) is 0 Å². The number of hydrogen-bond acceptors (Lipinski definition) is 4. The molecule has 0 aliphatic carbocycles. The van der Waals surface area contributed by atoms with Crippen LogP contribution in [-0.2, 0) is 32.0 Å². The van der Waals surface area contributed by atoms with E-state index in [9.17, 15) is 17.4 Å². The Morgan fingerprint density at radius 1 is 1.12 bits per heavy atom. The number of rotatable bonds is 8. The van der Waals surface area contributed by atoms with Crippen molar-refractivity contribution in [1.82, 2.24) is 4.72 Å². The van der Waals surface area contributed by atoms with Crippen LogP contribution in [-0.4, -0.2) is 36.0 Å². The first kappa shape index (κ1) is 20.9. The average molecular weight is 436 g/mol. The molecule has 6 nitrogen and oxygen atoms in total. The minimum Gasteiger partial charge on any atom is -0.481 e. The first-order chi connectivity index (χ1) is 12.2. The summed E-state index contributed by atoms with van der Waals surface area (Å²) in [6, 6.07) is 10.5. The van der Waals surface area contributed by atoms with Gasteiger partial charge < -0.3 is 5.11 Å². The first-order valence-corrected chi connectivity index (χ1v) is 10.9. The maximum atomic E-state index is 12.2. The maximum absolute atomic E-state index is 12.2. The van der Waals surface area contributed by atoms with E-state index in [1.54, 1.807) is 6.07 Å². The molecule has 2 aromatic carbocycles. The largest absolute Gasteiger partial charge is 0.481 e. The van der Waals surface area contributed by atoms with Gasteiger partial charge in [-0.25, -0.2) is 13.1 Å². The fourth-order valence-corrected chi connectivity index (χ4v) is 4.58. The van der Waals surface area contributed by atoms with Crippen LogP contribution < -0.4 is 4.72 Å². The second-order valence-corrected chi connectivity index (χ2v) is 9.28. The van der Waals surface area contributed by atoms with Gasteiger partial charge in [-0.05, 0) is 48.4 Å². The molecule has 1 atom stereocenters. The minimum atomic E-state index is -3.67. The van der Waals surface area contributed by atoms with Crippen molar-refractivity contribution in [2.45, 2.75) is 16.2 Å². The molecule has 0 spiro atoms. The molecule has 0 saturated heterocycles. The Morgan fingerprint density at radius 3 is 2.38 bits per heavy atom. The van der Waals surface area contributed by atoms with Crippen LogP contribution in [0.15, 0.2) is 52.3 Å². The maximum Gasteiger partial charge on any atom is 0.316 e. The standard InChI is InChI=1S/C16H15Cl2NO5S2/c17-12-2-4-13(5-3-12)26(23,24)19-8-7-11-1-6-14(18)15(9-11)25(22)10-16(20)21/h1-6,9,19H,7-8,10H2,(H,20,21). The molecule has 0 amide bonds. The molecule has 2 N–H and O–H groups in total. The summed E-state index contributed by atoms with van der Waals surface area (Å²) in [7, 11) is -5.44. The van der Waals surface area contributed by atoms with E-state index in [1.807, 2.05) is 0 Å². The van der Waals surface area contributed by atoms with Crippen LogP contribution in [0.3, 0.4) is 0 Å². The molecule has 0 fully saturated rings. The van der Waals surface area contributed by atoms with Crippen molar-refractivity contribution >= 4 is 50.0 Å². The van der Waals surface area contributed by atoms with Crippen LogP contribution in [0.1, 0.15) is 5.56 Å². The summed E-state index contributed by atoms with van der Waals surface area (Å²) >= 11 is 11.7. The molecule has 0 aromatic heterocycles. The number of halogens is 2. The van der Waals surface area contributed by atoms with Gasteiger partial charge in [0.05, 0.1) is 25.6 Å². The zero-order chi connectivity index (χ0) is 19.3. The molecule has 0 radical (unpaired) electrons. The third-order valence-electron chi connectivity index (χ3n) is 3.33. The lowest BCUT2D eigenvalue weighted by molar-refractivity contribution is -0.133. The zero-order valence-corrected chi connectivity index (χ0v) is 16.5. The van der Waals surface area contributed by atoms with E-state index < -0.39 is 32.5 Å². The predicted octanol–water partition coefficient (Wildman–Crippen LogP) is 2.71. The van der Waals surface area contributed by atoms with Crippen molar-refractivity contribution in [2.24, 2.45) is 0 Å². The Kier molecular flexibility index (Phi) is 7.19. The SMILES string of the molecule is O=C(O)CS(=O)c1cc(CCNS(=O)(=O)c2ccc(Cl)cc2)ccc1Cl. The second kappa shape index (κ2) is 8.96. The molecule has 0 aliphatic rings. The van der Waals surface area contributed by atoms with Crippen LogP contribution in [0.2, 0.25) is 10.0 Å². The zero-order valence-electron chi connectivity index (χ0n) is 13.3. The lowest BCUT2D eigenvalue weighted by Crippen LogP contribution is -2.26. The van der Waals surface area contributed by atoms with Crippen LogP contribution in [0.4, 0.5) is 0 Å². The summed E-state index contributed by atoms with van der Waals surface area (Å²) in [6.45, 7) is 0.109. The number of nitrogens with one attached hydrogen (secondary N) is 1. The van der Waals surface area contributed by atoms with Crippen LogP contribution >= 0.6 is 23.2 Å². The van der Waals surface area contributed by atoms with Crippen molar-refractivity contribution in [1.29, 1.82) is 0 Å². The topological polar surface area (TPSA) is 101 Å². The summed E-state index contributed by atoms with van der Waals surface area (Å²) < 4.78 is 38.9. The number of sulfonamides is 1. The molecule has 26 heavy (non-hydrogen) atoms. The second-order valence-electron chi connectivity index (χ2n) is 5.25. The van der Waals surface area contributed by atoms with E-state index >= 15 is 0 Å². The number of hydrogen-bond donors (Lipinski definition) is 2. The Bertz CT molecular complexity index is 930. The quantitative estimate of drug-likeness (QED) is 0.663. The van der Waals surface area contributed by atoms with Gasteiger partial charge in [0.15, 0.2) is 0 Å². The van der Waals surface area contributed by atoms with Crippen molar-refractivity contribution < 1.29 is 22.5 Å². The van der Waals surface area contributed by atoms with E-state index in [-0.39, 0.29) is 21.4 Å². The Hall–Kier alpha value is -1.45. The molecule has 140 valence electrons. The average Bonchev–Trinajstić information content (AvgIpc) is 2.56. The molecular weight excluding hydrogens is 421 g/mol. The molecule has 1 unspecified atom stereocenters. The van der Waals surface area contributed by atoms with Gasteiger partial charge >= 0.3 is 5.97 Å². The molecule has 0 heterocycles. The molecule has 0 saturated carbocycles. The highest BCUT2D eigenvalue weighted by atomic mass is 35.5. The number of carbonyl (C=O) groups is 1. The third kappa shape index (κ3) is 5.78. The molecule has 0 bridgehead atoms. The monoisotopic (exact) mass is 435 g/mol. The Labute approximate surface area is 163 Å². The number of carboxylic acid groups (broad SMARTS) is 1. The molecule has 2 aromatic rings. The van der Waals surface area contributed by atoms with Crippen molar-refractivity contribution in [3.63, 3.8) is 0 Å². The fraction of sp³-hybridized carbons (Fsp3) is 0.188. The summed E-state index contributed by atoms with van der Waals surface area (Å²) in [4.78, 5) is 11.0. The van der Waals surface area contributed by atoms with Gasteiger partial charge in [-0.1, -0.05) is 29.3 Å². The van der Waals surface area contributed by atoms with Gasteiger partial charge in [-0.2, -0.15) is 0 Å². The molecule has 2 rings (SSSR count). The Balaban J connectivity index is 2.04. The number of aliphatic carboxylic acids is 1. The molecule has 0 aliphatic heterocycles. The highest BCUT2D eigenvalue weighted by molar-refractivity contribution is 7.89. The first-order valence-electron chi connectivity index (χ1n) is 7.33. The van der Waals surface area contributed by atoms with Gasteiger partial charge in [0, 0.05) is 11.6 Å². The van der Waals surface area contributed by atoms with Gasteiger partial charge in [0.1, 0.15) is 5.75 Å². The number of carboxylic acids is 1. The van der Waals surface area contributed by atoms with Gasteiger partial charge in [0.25, 0.3) is 0 Å². The van der Waals surface area contributed by atoms with Crippen LogP contribution in [0.5, 0.6) is 0 Å². The summed E-state index contributed by atoms with van der Waals surface area (Å²) in [5.41, 5.74) is 0.682. The van der Waals surface area contributed by atoms with E-state index in [2.05, 4.69) is 4.72 Å². The fourth-order valence-electron chi connectivity index (χ4n) is 2.09. The summed E-state index contributed by atoms with van der Waals surface area (Å²) in [5, 5.41) is 9.38. The van der Waals surface area contributed by atoms with Gasteiger partial charge in [0.2, 0.25) is 10.0 Å². The minimum absolute atomic E-state index is 0.0984. The lowest BCUT2D eigenvalue weighted by Gasteiger charge is -2.09. The van der Waals surface area contributed by atoms with E-state index in [0.29, 0.717) is 17.0 Å². The summed E-state index contributed by atoms with van der Waals surface area (Å²) in [6.07, 6.45) is 0.321. The lowest BCUT2D eigenvalue weighted by atomic mass is 10.1. The van der Waals surface area contributed by atoms with E-state index in [4.69, 9.17) is 28.3 Å².